The molecule has 0 spiro atoms. The van der Waals surface area contributed by atoms with Gasteiger partial charge in [-0.15, -0.1) is 0 Å². The van der Waals surface area contributed by atoms with E-state index in [1.165, 1.54) is 30.3 Å². The molecule has 3 aromatic heterocycles. The van der Waals surface area contributed by atoms with Crippen LogP contribution in [0, 0.1) is 66.1 Å². The first kappa shape index (κ1) is 71.7. The molecule has 6 aliphatic heterocycles. The van der Waals surface area contributed by atoms with Crippen LogP contribution in [0.1, 0.15) is 112 Å². The van der Waals surface area contributed by atoms with Crippen LogP contribution in [0.2, 0.25) is 0 Å². The van der Waals surface area contributed by atoms with Crippen LogP contribution in [0.15, 0.2) is 72.6 Å². The molecular formula is C67H79BrF3N11O15. The number of nitrogens with zero attached hydrogens (tertiary/aromatic N) is 11. The maximum absolute atomic E-state index is 14.3. The van der Waals surface area contributed by atoms with Crippen LogP contribution in [-0.2, 0) is 42.6 Å². The molecule has 9 heterocycles. The summed E-state index contributed by atoms with van der Waals surface area (Å²) in [6, 6.07) is 12.8. The van der Waals surface area contributed by atoms with Gasteiger partial charge in [-0.25, -0.2) is 37.2 Å². The van der Waals surface area contributed by atoms with Gasteiger partial charge in [0.25, 0.3) is 17.7 Å². The second-order valence-electron chi connectivity index (χ2n) is 27.1. The zero-order valence-corrected chi connectivity index (χ0v) is 57.3. The molecule has 6 aliphatic rings. The van der Waals surface area contributed by atoms with Crippen LogP contribution >= 0.6 is 15.9 Å². The number of ether oxygens (including phenoxy) is 9. The van der Waals surface area contributed by atoms with E-state index < -0.39 is 47.0 Å². The summed E-state index contributed by atoms with van der Waals surface area (Å²) in [6.45, 7) is 39.9. The van der Waals surface area contributed by atoms with Crippen molar-refractivity contribution in [1.82, 2.24) is 45.1 Å². The Kier molecular flexibility index (Phi) is 22.7. The lowest BCUT2D eigenvalue weighted by Crippen LogP contribution is -2.58. The maximum Gasteiger partial charge on any atom is 0.410 e. The third-order valence-corrected chi connectivity index (χ3v) is 17.2. The Bertz CT molecular complexity index is 3790. The van der Waals surface area contributed by atoms with Crippen LogP contribution in [0.3, 0.4) is 0 Å². The molecule has 0 saturated carbocycles. The normalized spacial score (nSPS) is 23.9. The predicted octanol–water partition coefficient (Wildman–Crippen LogP) is 13.0. The van der Waals surface area contributed by atoms with E-state index in [-0.39, 0.29) is 141 Å². The fraction of sp³-hybridized carbons (Fsp3) is 0.567. The van der Waals surface area contributed by atoms with Gasteiger partial charge < -0.3 is 70.9 Å². The second kappa shape index (κ2) is 30.8. The molecular weight excluding hydrogens is 1340 g/mol. The molecule has 6 fully saturated rings. The minimum absolute atomic E-state index is 0.00350. The van der Waals surface area contributed by atoms with E-state index in [0.29, 0.717) is 83.4 Å². The summed E-state index contributed by atoms with van der Waals surface area (Å²) < 4.78 is 112. The summed E-state index contributed by atoms with van der Waals surface area (Å²) in [5, 5.41) is 11.7. The summed E-state index contributed by atoms with van der Waals surface area (Å²) in [4.78, 5) is 61.9. The van der Waals surface area contributed by atoms with Crippen molar-refractivity contribution in [3.05, 3.63) is 117 Å². The summed E-state index contributed by atoms with van der Waals surface area (Å²) in [5.41, 5.74) is -0.147. The lowest BCUT2D eigenvalue weighted by Gasteiger charge is -2.47. The number of amides is 3. The molecule has 9 atom stereocenters. The number of rotatable bonds is 13. The molecule has 12 rings (SSSR count). The quantitative estimate of drug-likeness (QED) is 0.0767. The summed E-state index contributed by atoms with van der Waals surface area (Å²) in [6.07, 6.45) is -3.13. The number of hydrogen-bond donors (Lipinski definition) is 0. The number of hydrogen-bond acceptors (Lipinski definition) is 21. The van der Waals surface area contributed by atoms with Crippen LogP contribution < -0.4 is 0 Å². The molecule has 3 aromatic carbocycles. The van der Waals surface area contributed by atoms with E-state index in [2.05, 4.69) is 56.0 Å². The number of likely N-dealkylation sites (tertiary alicyclic amines) is 3. The Morgan fingerprint density at radius 2 is 0.794 bits per heavy atom. The molecule has 0 N–H and O–H groups in total. The molecule has 0 aliphatic carbocycles. The molecule has 3 amide bonds. The first-order valence-corrected chi connectivity index (χ1v) is 32.8. The van der Waals surface area contributed by atoms with Crippen molar-refractivity contribution in [2.45, 2.75) is 130 Å². The van der Waals surface area contributed by atoms with Gasteiger partial charge in [-0.3, -0.25) is 0 Å². The zero-order valence-electron chi connectivity index (χ0n) is 55.7. The number of carbonyl (C=O) groups excluding carboxylic acids is 3. The third kappa shape index (κ3) is 18.0. The van der Waals surface area contributed by atoms with E-state index >= 15 is 0 Å². The minimum atomic E-state index is -0.592. The van der Waals surface area contributed by atoms with Gasteiger partial charge in [-0.2, -0.15) is 15.0 Å². The van der Waals surface area contributed by atoms with Crippen molar-refractivity contribution in [2.24, 2.45) is 35.5 Å². The van der Waals surface area contributed by atoms with Crippen LogP contribution in [-0.4, -0.2) is 178 Å². The van der Waals surface area contributed by atoms with Gasteiger partial charge >= 0.3 is 18.3 Å². The highest BCUT2D eigenvalue weighted by molar-refractivity contribution is 9.10. The average Bonchev–Trinajstić information content (AvgIpc) is 1.64. The summed E-state index contributed by atoms with van der Waals surface area (Å²) >= 11 is 3.24. The number of halogens is 4. The molecule has 97 heavy (non-hydrogen) atoms. The molecule has 26 nitrogen and oxygen atoms in total. The monoisotopic (exact) mass is 1410 g/mol. The highest BCUT2D eigenvalue weighted by Gasteiger charge is 2.48. The highest BCUT2D eigenvalue weighted by Crippen LogP contribution is 2.39. The summed E-state index contributed by atoms with van der Waals surface area (Å²) in [5.74, 6) is -0.581. The molecule has 520 valence electrons. The van der Waals surface area contributed by atoms with Gasteiger partial charge in [0.05, 0.1) is 93.9 Å². The second-order valence-corrected chi connectivity index (χ2v) is 28.0. The van der Waals surface area contributed by atoms with Crippen molar-refractivity contribution in [3.63, 3.8) is 0 Å². The molecule has 6 aromatic rings. The Hall–Kier alpha value is -8.10. The highest BCUT2D eigenvalue weighted by atomic mass is 79.9. The Balaban J connectivity index is 0.000000158. The van der Waals surface area contributed by atoms with Crippen molar-refractivity contribution in [3.8, 4) is 34.2 Å². The molecule has 6 bridgehead atoms. The first-order chi connectivity index (χ1) is 46.1. The van der Waals surface area contributed by atoms with Crippen LogP contribution in [0.25, 0.3) is 43.9 Å². The Morgan fingerprint density at radius 3 is 1.07 bits per heavy atom. The molecule has 0 radical (unpaired) electrons. The lowest BCUT2D eigenvalue weighted by atomic mass is 9.84. The number of piperidine rings is 3. The maximum atomic E-state index is 14.3. The van der Waals surface area contributed by atoms with Gasteiger partial charge in [0.2, 0.25) is 17.5 Å². The SMILES string of the molecule is C[C@@H](OC1C2COCC1CN(C(=O)OC(C)(C)C)C2)c1nc(-c2ccc(Br)cc2F)no1.[C-]#[N+]c1ccc(-c2noc([C@@H](C)OC3C4COCC3CN(C(=O)OC(C)(C)C)C4)n2)c(F)c1.[C-]#[N+]c1ccc(-c2noc([C@@H](C)OC3C4COCC3CN(C(=O)OC(C)C)C4)n2)c(F)c1. The Labute approximate surface area is 567 Å². The molecule has 6 unspecified atom stereocenters. The van der Waals surface area contributed by atoms with E-state index in [9.17, 15) is 27.6 Å². The van der Waals surface area contributed by atoms with E-state index in [1.807, 2.05) is 62.3 Å². The topological polar surface area (TPSA) is 269 Å². The van der Waals surface area contributed by atoms with Gasteiger partial charge in [0.1, 0.15) is 47.0 Å². The number of carbonyl (C=O) groups is 3. The minimum Gasteiger partial charge on any atom is -0.447 e. The van der Waals surface area contributed by atoms with Crippen molar-refractivity contribution < 1.29 is 83.8 Å². The summed E-state index contributed by atoms with van der Waals surface area (Å²) in [7, 11) is 0. The average molecular weight is 1420 g/mol. The molecule has 30 heteroatoms. The van der Waals surface area contributed by atoms with Gasteiger partial charge in [-0.1, -0.05) is 55.7 Å². The Morgan fingerprint density at radius 1 is 0.495 bits per heavy atom. The van der Waals surface area contributed by atoms with E-state index in [0.717, 1.165) is 12.1 Å². The predicted molar refractivity (Wildman–Crippen MR) is 341 cm³/mol. The smallest absolute Gasteiger partial charge is 0.410 e. The number of fused-ring (bicyclic) bond motifs is 6. The third-order valence-electron chi connectivity index (χ3n) is 16.7. The van der Waals surface area contributed by atoms with Gasteiger partial charge in [0, 0.05) is 79.2 Å². The number of benzene rings is 3. The molecule has 6 saturated heterocycles. The largest absolute Gasteiger partial charge is 0.447 e. The fourth-order valence-electron chi connectivity index (χ4n) is 12.3. The van der Waals surface area contributed by atoms with Crippen molar-refractivity contribution in [1.29, 1.82) is 0 Å². The van der Waals surface area contributed by atoms with Crippen molar-refractivity contribution in [2.75, 3.05) is 78.9 Å². The fourth-order valence-corrected chi connectivity index (χ4v) is 12.7. The van der Waals surface area contributed by atoms with Crippen molar-refractivity contribution >= 4 is 45.6 Å². The lowest BCUT2D eigenvalue weighted by molar-refractivity contribution is -0.168. The van der Waals surface area contributed by atoms with Gasteiger partial charge in [0.15, 0.2) is 11.4 Å². The van der Waals surface area contributed by atoms with Crippen LogP contribution in [0.4, 0.5) is 38.9 Å². The first-order valence-electron chi connectivity index (χ1n) is 32.0. The van der Waals surface area contributed by atoms with Gasteiger partial charge in [-0.05, 0) is 106 Å². The zero-order chi connectivity index (χ0) is 69.6. The van der Waals surface area contributed by atoms with Crippen LogP contribution in [0.5, 0.6) is 0 Å². The van der Waals surface area contributed by atoms with E-state index in [1.54, 1.807) is 40.7 Å². The number of aromatic nitrogens is 6. The standard InChI is InChI=1S/C23H27FN4O5.C22H27BrFN3O5.C22H25FN4O5/c1-13(21-26-20(27-33-21)17-7-6-16(25-5)8-18(17)24)31-19-14-9-28(10-15(19)12-30-11-14)22(29)32-23(2,3)4;1-12(20-25-19(26-32-20)16-6-5-15(23)7-17(16)24)30-18-13-8-27(9-14(18)11-29-10-13)21(28)31-22(2,3)4;1-12(2)30-22(28)27-8-14-10-29-11-15(9-27)19(14)31-13(3)21-25-20(26-32-21)17-6-5-16(24-4)7-18(17)23/h6-8,13-15,19H,9-12H2,1-4H3;5-7,12-14,18H,8-11H2,1-4H3;5-7,12-15,19H,8-11H2,1-3H3/t13-,14?,15?,19?;12-,13?,14?,18?;13-,14?,15?,19?/m111/s1. The van der Waals surface area contributed by atoms with E-state index in [4.69, 9.17) is 69.3 Å².